The molecule has 182 valence electrons. The van der Waals surface area contributed by atoms with Gasteiger partial charge in [-0.05, 0) is 48.0 Å². The topological polar surface area (TPSA) is 94.7 Å². The number of fused-ring (bicyclic) bond motifs is 1. The number of rotatable bonds is 8. The van der Waals surface area contributed by atoms with Crippen LogP contribution in [0, 0.1) is 0 Å². The number of benzene rings is 3. The highest BCUT2D eigenvalue weighted by molar-refractivity contribution is 6.08. The lowest BCUT2D eigenvalue weighted by Gasteiger charge is -2.11. The number of anilines is 1. The van der Waals surface area contributed by atoms with E-state index in [1.807, 2.05) is 0 Å². The summed E-state index contributed by atoms with van der Waals surface area (Å²) in [7, 11) is 2.98. The average molecular weight is 487 g/mol. The molecule has 3 aromatic carbocycles. The van der Waals surface area contributed by atoms with Gasteiger partial charge in [0.15, 0.2) is 17.3 Å². The molecule has 0 atom stereocenters. The van der Waals surface area contributed by atoms with Gasteiger partial charge in [-0.1, -0.05) is 12.1 Å². The Morgan fingerprint density at radius 3 is 2.51 bits per heavy atom. The van der Waals surface area contributed by atoms with Gasteiger partial charge in [-0.2, -0.15) is 5.10 Å². The number of amides is 1. The predicted octanol–water partition coefficient (Wildman–Crippen LogP) is 5.31. The van der Waals surface area contributed by atoms with Crippen LogP contribution in [0.4, 0.5) is 19.0 Å². The van der Waals surface area contributed by atoms with Crippen molar-refractivity contribution in [2.45, 2.75) is 13.0 Å². The van der Waals surface area contributed by atoms with Crippen LogP contribution in [-0.2, 0) is 6.61 Å². The Labute approximate surface area is 197 Å². The van der Waals surface area contributed by atoms with Gasteiger partial charge >= 0.3 is 6.36 Å². The number of ether oxygens (including phenoxy) is 4. The van der Waals surface area contributed by atoms with Gasteiger partial charge in [-0.3, -0.25) is 9.89 Å². The summed E-state index contributed by atoms with van der Waals surface area (Å²) in [6.07, 6.45) is -4.77. The Morgan fingerprint density at radius 1 is 0.971 bits per heavy atom. The second-order valence-corrected chi connectivity index (χ2v) is 7.29. The van der Waals surface area contributed by atoms with Crippen molar-refractivity contribution in [1.29, 1.82) is 0 Å². The lowest BCUT2D eigenvalue weighted by Crippen LogP contribution is -2.17. The molecule has 35 heavy (non-hydrogen) atoms. The molecule has 4 aromatic rings. The zero-order chi connectivity index (χ0) is 25.0. The maximum Gasteiger partial charge on any atom is 0.573 e. The molecule has 0 bridgehead atoms. The normalized spacial score (nSPS) is 11.2. The molecule has 0 unspecified atom stereocenters. The van der Waals surface area contributed by atoms with E-state index >= 15 is 0 Å². The molecule has 0 fully saturated rings. The third kappa shape index (κ3) is 5.75. The van der Waals surface area contributed by atoms with Gasteiger partial charge in [-0.25, -0.2) is 0 Å². The van der Waals surface area contributed by atoms with Crippen LogP contribution in [-0.4, -0.2) is 36.7 Å². The Morgan fingerprint density at radius 2 is 1.77 bits per heavy atom. The monoisotopic (exact) mass is 487 g/mol. The highest BCUT2D eigenvalue weighted by Gasteiger charge is 2.31. The van der Waals surface area contributed by atoms with E-state index in [-0.39, 0.29) is 18.3 Å². The van der Waals surface area contributed by atoms with Crippen molar-refractivity contribution < 1.29 is 36.9 Å². The van der Waals surface area contributed by atoms with Crippen LogP contribution in [0.2, 0.25) is 0 Å². The van der Waals surface area contributed by atoms with Gasteiger partial charge in [0.2, 0.25) is 0 Å². The van der Waals surface area contributed by atoms with E-state index < -0.39 is 6.36 Å². The predicted molar refractivity (Wildman–Crippen MR) is 121 cm³/mol. The molecule has 2 N–H and O–H groups in total. The lowest BCUT2D eigenvalue weighted by atomic mass is 10.2. The largest absolute Gasteiger partial charge is 0.573 e. The summed E-state index contributed by atoms with van der Waals surface area (Å²) in [5, 5.41) is 10.4. The van der Waals surface area contributed by atoms with Crippen molar-refractivity contribution in [3.8, 4) is 23.0 Å². The first-order valence-electron chi connectivity index (χ1n) is 10.2. The van der Waals surface area contributed by atoms with E-state index in [1.165, 1.54) is 32.4 Å². The number of aromatic nitrogens is 2. The van der Waals surface area contributed by atoms with Crippen LogP contribution in [0.1, 0.15) is 15.9 Å². The van der Waals surface area contributed by atoms with Crippen LogP contribution in [0.25, 0.3) is 10.9 Å². The molecule has 11 heteroatoms. The number of H-pyrrole nitrogens is 1. The minimum Gasteiger partial charge on any atom is -0.493 e. The van der Waals surface area contributed by atoms with Crippen LogP contribution in [0.15, 0.2) is 60.7 Å². The fraction of sp³-hybridized carbons (Fsp3) is 0.167. The molecule has 0 radical (unpaired) electrons. The quantitative estimate of drug-likeness (QED) is 0.350. The van der Waals surface area contributed by atoms with Crippen molar-refractivity contribution in [1.82, 2.24) is 10.2 Å². The van der Waals surface area contributed by atoms with Crippen molar-refractivity contribution in [2.24, 2.45) is 0 Å². The third-order valence-corrected chi connectivity index (χ3v) is 4.95. The number of nitrogens with zero attached hydrogens (tertiary/aromatic N) is 1. The maximum atomic E-state index is 12.7. The minimum absolute atomic E-state index is 0.0254. The summed E-state index contributed by atoms with van der Waals surface area (Å²) in [6, 6.07) is 15.4. The number of hydrogen-bond acceptors (Lipinski definition) is 6. The summed E-state index contributed by atoms with van der Waals surface area (Å²) < 4.78 is 57.3. The van der Waals surface area contributed by atoms with Crippen LogP contribution < -0.4 is 24.3 Å². The van der Waals surface area contributed by atoms with Gasteiger partial charge in [-0.15, -0.1) is 13.2 Å². The van der Waals surface area contributed by atoms with Gasteiger partial charge in [0, 0.05) is 17.0 Å². The molecule has 1 amide bonds. The highest BCUT2D eigenvalue weighted by Crippen LogP contribution is 2.29. The van der Waals surface area contributed by atoms with Crippen molar-refractivity contribution >= 4 is 22.6 Å². The van der Waals surface area contributed by atoms with Gasteiger partial charge in [0.05, 0.1) is 19.7 Å². The van der Waals surface area contributed by atoms with Crippen molar-refractivity contribution in [3.05, 3.63) is 71.8 Å². The zero-order valence-corrected chi connectivity index (χ0v) is 18.6. The number of carbonyl (C=O) groups excluding carboxylic acids is 1. The van der Waals surface area contributed by atoms with Crippen LogP contribution in [0.3, 0.4) is 0 Å². The van der Waals surface area contributed by atoms with E-state index in [0.717, 1.165) is 0 Å². The van der Waals surface area contributed by atoms with E-state index in [2.05, 4.69) is 20.3 Å². The number of halogens is 3. The number of alkyl halides is 3. The van der Waals surface area contributed by atoms with Crippen molar-refractivity contribution in [2.75, 3.05) is 19.5 Å². The van der Waals surface area contributed by atoms with E-state index in [9.17, 15) is 18.0 Å². The van der Waals surface area contributed by atoms with Gasteiger partial charge in [0.1, 0.15) is 18.1 Å². The summed E-state index contributed by atoms with van der Waals surface area (Å²) in [4.78, 5) is 12.7. The second-order valence-electron chi connectivity index (χ2n) is 7.29. The van der Waals surface area contributed by atoms with Gasteiger partial charge < -0.3 is 24.3 Å². The summed E-state index contributed by atoms with van der Waals surface area (Å²) in [6.45, 7) is 0.0254. The Kier molecular flexibility index (Phi) is 6.67. The molecule has 0 saturated heterocycles. The fourth-order valence-corrected chi connectivity index (χ4v) is 3.34. The molecule has 1 aromatic heterocycles. The molecular weight excluding hydrogens is 467 g/mol. The standard InChI is InChI=1S/C24H20F3N3O5/c1-32-20-9-6-15(11-21(20)33-2)23(31)28-22-18-8-7-16(12-19(18)29-30-22)34-13-14-4-3-5-17(10-14)35-24(25,26)27/h3-12H,13H2,1-2H3,(H2,28,29,30,31). The minimum atomic E-state index is -4.77. The van der Waals surface area contributed by atoms with E-state index in [0.29, 0.717) is 45.1 Å². The first kappa shape index (κ1) is 23.7. The molecule has 0 aliphatic carbocycles. The average Bonchev–Trinajstić information content (AvgIpc) is 3.23. The smallest absolute Gasteiger partial charge is 0.493 e. The zero-order valence-electron chi connectivity index (χ0n) is 18.6. The summed E-state index contributed by atoms with van der Waals surface area (Å²) in [5.74, 6) is 0.994. The van der Waals surface area contributed by atoms with Crippen LogP contribution in [0.5, 0.6) is 23.0 Å². The fourth-order valence-electron chi connectivity index (χ4n) is 3.34. The Balaban J connectivity index is 1.44. The lowest BCUT2D eigenvalue weighted by molar-refractivity contribution is -0.274. The van der Waals surface area contributed by atoms with Crippen LogP contribution >= 0.6 is 0 Å². The van der Waals surface area contributed by atoms with Crippen molar-refractivity contribution in [3.63, 3.8) is 0 Å². The number of carbonyl (C=O) groups is 1. The number of nitrogens with one attached hydrogen (secondary N) is 2. The molecule has 4 rings (SSSR count). The van der Waals surface area contributed by atoms with Gasteiger partial charge in [0.25, 0.3) is 5.91 Å². The molecule has 8 nitrogen and oxygen atoms in total. The number of methoxy groups -OCH3 is 2. The molecule has 1 heterocycles. The van der Waals surface area contributed by atoms with E-state index in [4.69, 9.17) is 14.2 Å². The highest BCUT2D eigenvalue weighted by atomic mass is 19.4. The molecular formula is C24H20F3N3O5. The first-order valence-corrected chi connectivity index (χ1v) is 10.2. The number of aromatic amines is 1. The first-order chi connectivity index (χ1) is 16.8. The molecule has 0 aliphatic rings. The van der Waals surface area contributed by atoms with E-state index in [1.54, 1.807) is 42.5 Å². The second kappa shape index (κ2) is 9.84. The Hall–Kier alpha value is -4.41. The number of hydrogen-bond donors (Lipinski definition) is 2. The maximum absolute atomic E-state index is 12.7. The molecule has 0 aliphatic heterocycles. The summed E-state index contributed by atoms with van der Waals surface area (Å²) in [5.41, 5.74) is 1.45. The molecule has 0 saturated carbocycles. The summed E-state index contributed by atoms with van der Waals surface area (Å²) >= 11 is 0. The third-order valence-electron chi connectivity index (χ3n) is 4.95. The Bertz CT molecular complexity index is 1350. The molecule has 0 spiro atoms. The SMILES string of the molecule is COc1ccc(C(=O)Nc2n[nH]c3cc(OCc4cccc(OC(F)(F)F)c4)ccc23)cc1OC.